The van der Waals surface area contributed by atoms with Crippen LogP contribution in [0.1, 0.15) is 56.7 Å². The molecule has 106 valence electrons. The molecule has 1 unspecified atom stereocenters. The Morgan fingerprint density at radius 1 is 1.32 bits per heavy atom. The lowest BCUT2D eigenvalue weighted by Crippen LogP contribution is -2.39. The normalized spacial score (nSPS) is 35.7. The van der Waals surface area contributed by atoms with E-state index in [1.54, 1.807) is 0 Å². The third-order valence-corrected chi connectivity index (χ3v) is 4.81. The van der Waals surface area contributed by atoms with Crippen molar-refractivity contribution in [1.29, 1.82) is 0 Å². The van der Waals surface area contributed by atoms with Gasteiger partial charge in [-0.1, -0.05) is 12.1 Å². The van der Waals surface area contributed by atoms with Gasteiger partial charge in [0, 0.05) is 19.1 Å². The van der Waals surface area contributed by atoms with E-state index in [1.165, 1.54) is 12.8 Å². The Balaban J connectivity index is 1.79. The first-order chi connectivity index (χ1) is 9.23. The van der Waals surface area contributed by atoms with Gasteiger partial charge in [0.1, 0.15) is 0 Å². The third-order valence-electron chi connectivity index (χ3n) is 4.81. The summed E-state index contributed by atoms with van der Waals surface area (Å²) in [6.45, 7) is 4.41. The monoisotopic (exact) mass is 265 g/mol. The summed E-state index contributed by atoms with van der Waals surface area (Å²) in [5.41, 5.74) is 5.94. The predicted molar refractivity (Wildman–Crippen MR) is 70.8 cm³/mol. The fourth-order valence-electron chi connectivity index (χ4n) is 3.17. The Morgan fingerprint density at radius 2 is 2.11 bits per heavy atom. The summed E-state index contributed by atoms with van der Waals surface area (Å²) in [7, 11) is 0. The smallest absolute Gasteiger partial charge is 0.234 e. The standard InChI is InChI=1S/C14H23N3O2/c1-10-2-5-14(9-15,6-3-10)13-16-12(17-19-13)11-4-7-18-8-11/h10-11H,2-9,15H2,1H3. The van der Waals surface area contributed by atoms with Crippen LogP contribution in [0.25, 0.3) is 0 Å². The first kappa shape index (κ1) is 13.1. The van der Waals surface area contributed by atoms with Gasteiger partial charge < -0.3 is 15.0 Å². The summed E-state index contributed by atoms with van der Waals surface area (Å²) in [4.78, 5) is 4.65. The molecule has 0 radical (unpaired) electrons. The maximum atomic E-state index is 6.03. The number of nitrogens with zero attached hydrogens (tertiary/aromatic N) is 2. The van der Waals surface area contributed by atoms with Crippen molar-refractivity contribution >= 4 is 0 Å². The molecule has 3 rings (SSSR count). The van der Waals surface area contributed by atoms with E-state index in [1.807, 2.05) is 0 Å². The minimum atomic E-state index is -0.0861. The molecule has 1 aromatic rings. The molecule has 0 amide bonds. The molecular weight excluding hydrogens is 242 g/mol. The van der Waals surface area contributed by atoms with Crippen LogP contribution >= 0.6 is 0 Å². The Bertz CT molecular complexity index is 418. The van der Waals surface area contributed by atoms with Crippen LogP contribution in [0.5, 0.6) is 0 Å². The maximum Gasteiger partial charge on any atom is 0.234 e. The summed E-state index contributed by atoms with van der Waals surface area (Å²) < 4.78 is 10.9. The average Bonchev–Trinajstić information content (AvgIpc) is 3.11. The summed E-state index contributed by atoms with van der Waals surface area (Å²) in [6, 6.07) is 0. The van der Waals surface area contributed by atoms with Crippen molar-refractivity contribution in [1.82, 2.24) is 10.1 Å². The van der Waals surface area contributed by atoms with E-state index in [0.717, 1.165) is 43.5 Å². The van der Waals surface area contributed by atoms with Crippen LogP contribution in [0.2, 0.25) is 0 Å². The zero-order chi connectivity index (χ0) is 13.3. The molecule has 1 saturated heterocycles. The molecule has 1 atom stereocenters. The van der Waals surface area contributed by atoms with Gasteiger partial charge in [-0.2, -0.15) is 4.98 Å². The van der Waals surface area contributed by atoms with Crippen LogP contribution in [0.3, 0.4) is 0 Å². The van der Waals surface area contributed by atoms with E-state index >= 15 is 0 Å². The van der Waals surface area contributed by atoms with Crippen LogP contribution in [0.4, 0.5) is 0 Å². The molecule has 5 nitrogen and oxygen atoms in total. The number of rotatable bonds is 3. The first-order valence-corrected chi connectivity index (χ1v) is 7.35. The highest BCUT2D eigenvalue weighted by molar-refractivity contribution is 5.10. The Hall–Kier alpha value is -0.940. The van der Waals surface area contributed by atoms with E-state index in [-0.39, 0.29) is 5.41 Å². The number of ether oxygens (including phenoxy) is 1. The first-order valence-electron chi connectivity index (χ1n) is 7.35. The summed E-state index contributed by atoms with van der Waals surface area (Å²) in [5, 5.41) is 4.16. The largest absolute Gasteiger partial charge is 0.381 e. The molecule has 1 aromatic heterocycles. The lowest BCUT2D eigenvalue weighted by Gasteiger charge is -2.35. The number of hydrogen-bond donors (Lipinski definition) is 1. The minimum Gasteiger partial charge on any atom is -0.381 e. The van der Waals surface area contributed by atoms with E-state index in [0.29, 0.717) is 19.1 Å². The summed E-state index contributed by atoms with van der Waals surface area (Å²) in [6.07, 6.45) is 5.51. The Labute approximate surface area is 113 Å². The molecule has 2 N–H and O–H groups in total. The fraction of sp³-hybridized carbons (Fsp3) is 0.857. The van der Waals surface area contributed by atoms with Gasteiger partial charge in [-0.15, -0.1) is 0 Å². The molecule has 19 heavy (non-hydrogen) atoms. The van der Waals surface area contributed by atoms with Crippen LogP contribution in [0.15, 0.2) is 4.52 Å². The lowest BCUT2D eigenvalue weighted by atomic mass is 9.71. The number of aromatic nitrogens is 2. The van der Waals surface area contributed by atoms with Crippen molar-refractivity contribution < 1.29 is 9.26 Å². The topological polar surface area (TPSA) is 74.2 Å². The zero-order valence-corrected chi connectivity index (χ0v) is 11.6. The second-order valence-electron chi connectivity index (χ2n) is 6.19. The van der Waals surface area contributed by atoms with Gasteiger partial charge in [0.05, 0.1) is 12.0 Å². The Kier molecular flexibility index (Phi) is 3.58. The van der Waals surface area contributed by atoms with Crippen molar-refractivity contribution in [2.24, 2.45) is 11.7 Å². The third kappa shape index (κ3) is 2.41. The molecule has 0 spiro atoms. The zero-order valence-electron chi connectivity index (χ0n) is 11.6. The highest BCUT2D eigenvalue weighted by Gasteiger charge is 2.40. The molecule has 0 aromatic carbocycles. The van der Waals surface area contributed by atoms with Crippen molar-refractivity contribution in [2.75, 3.05) is 19.8 Å². The van der Waals surface area contributed by atoms with E-state index in [2.05, 4.69) is 17.1 Å². The van der Waals surface area contributed by atoms with Gasteiger partial charge in [0.2, 0.25) is 5.89 Å². The van der Waals surface area contributed by atoms with E-state index < -0.39 is 0 Å². The van der Waals surface area contributed by atoms with Gasteiger partial charge in [-0.3, -0.25) is 0 Å². The number of nitrogens with two attached hydrogens (primary N) is 1. The summed E-state index contributed by atoms with van der Waals surface area (Å²) >= 11 is 0. The molecule has 1 aliphatic heterocycles. The second-order valence-corrected chi connectivity index (χ2v) is 6.19. The fourth-order valence-corrected chi connectivity index (χ4v) is 3.17. The van der Waals surface area contributed by atoms with Crippen LogP contribution in [-0.2, 0) is 10.2 Å². The highest BCUT2D eigenvalue weighted by atomic mass is 16.5. The van der Waals surface area contributed by atoms with E-state index in [9.17, 15) is 0 Å². The minimum absolute atomic E-state index is 0.0861. The van der Waals surface area contributed by atoms with Crippen molar-refractivity contribution in [3.8, 4) is 0 Å². The van der Waals surface area contributed by atoms with Crippen molar-refractivity contribution in [3.05, 3.63) is 11.7 Å². The Morgan fingerprint density at radius 3 is 2.74 bits per heavy atom. The molecule has 5 heteroatoms. The summed E-state index contributed by atoms with van der Waals surface area (Å²) in [5.74, 6) is 2.64. The quantitative estimate of drug-likeness (QED) is 0.904. The molecular formula is C14H23N3O2. The second kappa shape index (κ2) is 5.21. The SMILES string of the molecule is CC1CCC(CN)(c2nc(C3CCOC3)no2)CC1. The molecule has 2 fully saturated rings. The van der Waals surface area contributed by atoms with Gasteiger partial charge in [0.15, 0.2) is 5.82 Å². The molecule has 2 aliphatic rings. The van der Waals surface area contributed by atoms with Crippen LogP contribution < -0.4 is 5.73 Å². The average molecular weight is 265 g/mol. The van der Waals surface area contributed by atoms with Crippen LogP contribution in [0, 0.1) is 5.92 Å². The highest BCUT2D eigenvalue weighted by Crippen LogP contribution is 2.40. The van der Waals surface area contributed by atoms with Gasteiger partial charge in [-0.25, -0.2) is 0 Å². The maximum absolute atomic E-state index is 6.03. The molecule has 2 heterocycles. The van der Waals surface area contributed by atoms with Crippen molar-refractivity contribution in [2.45, 2.75) is 50.4 Å². The van der Waals surface area contributed by atoms with Crippen molar-refractivity contribution in [3.63, 3.8) is 0 Å². The van der Waals surface area contributed by atoms with Gasteiger partial charge in [-0.05, 0) is 38.0 Å². The van der Waals surface area contributed by atoms with Crippen LogP contribution in [-0.4, -0.2) is 29.9 Å². The van der Waals surface area contributed by atoms with Gasteiger partial charge in [0.25, 0.3) is 0 Å². The van der Waals surface area contributed by atoms with Gasteiger partial charge >= 0.3 is 0 Å². The predicted octanol–water partition coefficient (Wildman–Crippen LogP) is 1.98. The number of hydrogen-bond acceptors (Lipinski definition) is 5. The lowest BCUT2D eigenvalue weighted by molar-refractivity contribution is 0.189. The molecule has 1 saturated carbocycles. The molecule has 0 bridgehead atoms. The molecule has 1 aliphatic carbocycles. The van der Waals surface area contributed by atoms with E-state index in [4.69, 9.17) is 15.0 Å².